The Morgan fingerprint density at radius 3 is 2.65 bits per heavy atom. The number of anilines is 2. The van der Waals surface area contributed by atoms with Crippen molar-refractivity contribution < 1.29 is 9.59 Å². The molecule has 1 aromatic carbocycles. The Bertz CT molecular complexity index is 741. The van der Waals surface area contributed by atoms with E-state index in [1.165, 1.54) is 11.3 Å². The summed E-state index contributed by atoms with van der Waals surface area (Å²) >= 11 is 1.38. The van der Waals surface area contributed by atoms with Crippen LogP contribution in [-0.2, 0) is 11.2 Å². The van der Waals surface area contributed by atoms with E-state index in [-0.39, 0.29) is 18.2 Å². The first-order valence-electron chi connectivity index (χ1n) is 6.87. The highest BCUT2D eigenvalue weighted by Gasteiger charge is 2.19. The molecule has 7 nitrogen and oxygen atoms in total. The number of carbonyl (C=O) groups excluding carboxylic acids is 2. The van der Waals surface area contributed by atoms with Gasteiger partial charge in [0.2, 0.25) is 5.91 Å². The molecule has 2 amide bonds. The number of hydrogen-bond donors (Lipinski definition) is 4. The Morgan fingerprint density at radius 2 is 2.00 bits per heavy atom. The van der Waals surface area contributed by atoms with E-state index in [1.54, 1.807) is 43.7 Å². The van der Waals surface area contributed by atoms with Gasteiger partial charge in [0, 0.05) is 14.1 Å². The topological polar surface area (TPSA) is 106 Å². The Hall–Kier alpha value is -2.74. The van der Waals surface area contributed by atoms with Crippen molar-refractivity contribution in [2.24, 2.45) is 5.11 Å². The van der Waals surface area contributed by atoms with Crippen molar-refractivity contribution in [3.63, 3.8) is 0 Å². The summed E-state index contributed by atoms with van der Waals surface area (Å²) in [7, 11) is 3.28. The first-order chi connectivity index (χ1) is 11.1. The third-order valence-corrected chi connectivity index (χ3v) is 4.24. The predicted molar refractivity (Wildman–Crippen MR) is 90.8 cm³/mol. The lowest BCUT2D eigenvalue weighted by Gasteiger charge is -2.08. The maximum absolute atomic E-state index is 12.2. The number of para-hydroxylation sites is 2. The molecule has 8 heteroatoms. The van der Waals surface area contributed by atoms with Gasteiger partial charge < -0.3 is 16.0 Å². The van der Waals surface area contributed by atoms with Crippen LogP contribution in [0.3, 0.4) is 0 Å². The number of thiophene rings is 1. The van der Waals surface area contributed by atoms with Gasteiger partial charge in [-0.15, -0.1) is 11.3 Å². The molecule has 0 aliphatic rings. The van der Waals surface area contributed by atoms with Crippen LogP contribution in [0, 0.1) is 5.53 Å². The summed E-state index contributed by atoms with van der Waals surface area (Å²) < 4.78 is 0. The summed E-state index contributed by atoms with van der Waals surface area (Å²) in [6.45, 7) is 0. The molecule has 0 saturated carbocycles. The Kier molecular flexibility index (Phi) is 5.42. The average Bonchev–Trinajstić information content (AvgIpc) is 2.97. The molecule has 23 heavy (non-hydrogen) atoms. The molecule has 0 bridgehead atoms. The standard InChI is InChI=1S/C15H17N5O2S/c1-17-14(22)13-9(8-23-15(13)18-2)7-12(21)19-10-5-3-4-6-11(10)20-16/h3-6,8,16,18H,7H2,1-2H3,(H,17,22)(H,19,21). The number of hydrogen-bond acceptors (Lipinski definition) is 6. The third-order valence-electron chi connectivity index (χ3n) is 3.20. The van der Waals surface area contributed by atoms with Crippen molar-refractivity contribution >= 4 is 39.5 Å². The molecule has 2 aromatic rings. The van der Waals surface area contributed by atoms with Crippen LogP contribution in [0.15, 0.2) is 34.8 Å². The highest BCUT2D eigenvalue weighted by atomic mass is 32.1. The fourth-order valence-corrected chi connectivity index (χ4v) is 3.05. The number of amides is 2. The highest BCUT2D eigenvalue weighted by Crippen LogP contribution is 2.29. The largest absolute Gasteiger partial charge is 0.379 e. The molecule has 0 fully saturated rings. The summed E-state index contributed by atoms with van der Waals surface area (Å²) in [5.74, 6) is -0.508. The van der Waals surface area contributed by atoms with E-state index in [0.29, 0.717) is 27.5 Å². The smallest absolute Gasteiger partial charge is 0.254 e. The third kappa shape index (κ3) is 3.72. The molecular formula is C15H17N5O2S. The number of nitrogens with one attached hydrogen (secondary N) is 4. The number of benzene rings is 1. The van der Waals surface area contributed by atoms with E-state index in [0.717, 1.165) is 0 Å². The van der Waals surface area contributed by atoms with Gasteiger partial charge in [-0.1, -0.05) is 12.1 Å². The van der Waals surface area contributed by atoms with Crippen molar-refractivity contribution in [3.8, 4) is 0 Å². The van der Waals surface area contributed by atoms with Gasteiger partial charge in [0.1, 0.15) is 10.7 Å². The van der Waals surface area contributed by atoms with Crippen molar-refractivity contribution in [2.45, 2.75) is 6.42 Å². The van der Waals surface area contributed by atoms with Gasteiger partial charge in [-0.2, -0.15) is 5.11 Å². The number of carbonyl (C=O) groups is 2. The lowest BCUT2D eigenvalue weighted by molar-refractivity contribution is -0.115. The lowest BCUT2D eigenvalue weighted by Crippen LogP contribution is -2.22. The molecule has 120 valence electrons. The Balaban J connectivity index is 2.19. The highest BCUT2D eigenvalue weighted by molar-refractivity contribution is 7.14. The van der Waals surface area contributed by atoms with E-state index >= 15 is 0 Å². The quantitative estimate of drug-likeness (QED) is 0.611. The summed E-state index contributed by atoms with van der Waals surface area (Å²) in [4.78, 5) is 24.2. The van der Waals surface area contributed by atoms with Crippen LogP contribution in [-0.4, -0.2) is 25.9 Å². The van der Waals surface area contributed by atoms with Crippen LogP contribution in [0.1, 0.15) is 15.9 Å². The van der Waals surface area contributed by atoms with E-state index in [4.69, 9.17) is 5.53 Å². The van der Waals surface area contributed by atoms with Crippen molar-refractivity contribution in [1.82, 2.24) is 5.32 Å². The van der Waals surface area contributed by atoms with Gasteiger partial charge in [-0.3, -0.25) is 9.59 Å². The maximum atomic E-state index is 12.2. The summed E-state index contributed by atoms with van der Waals surface area (Å²) in [5.41, 5.74) is 9.09. The summed E-state index contributed by atoms with van der Waals surface area (Å²) in [6.07, 6.45) is 0.0628. The number of nitrogens with zero attached hydrogens (tertiary/aromatic N) is 1. The molecule has 1 aromatic heterocycles. The van der Waals surface area contributed by atoms with Crippen molar-refractivity contribution in [3.05, 3.63) is 40.8 Å². The molecule has 0 spiro atoms. The first kappa shape index (κ1) is 16.6. The van der Waals surface area contributed by atoms with Crippen molar-refractivity contribution in [2.75, 3.05) is 24.7 Å². The zero-order chi connectivity index (χ0) is 16.8. The Labute approximate surface area is 137 Å². The minimum atomic E-state index is -0.272. The van der Waals surface area contributed by atoms with Gasteiger partial charge in [0.05, 0.1) is 17.7 Å². The van der Waals surface area contributed by atoms with E-state index in [9.17, 15) is 9.59 Å². The molecule has 0 radical (unpaired) electrons. The second-order valence-corrected chi connectivity index (χ2v) is 5.53. The maximum Gasteiger partial charge on any atom is 0.254 e. The normalized spacial score (nSPS) is 10.0. The van der Waals surface area contributed by atoms with Crippen LogP contribution in [0.2, 0.25) is 0 Å². The minimum absolute atomic E-state index is 0.0628. The molecule has 2 rings (SSSR count). The van der Waals surface area contributed by atoms with E-state index in [2.05, 4.69) is 21.1 Å². The zero-order valence-corrected chi connectivity index (χ0v) is 13.6. The van der Waals surface area contributed by atoms with Crippen molar-refractivity contribution in [1.29, 1.82) is 5.53 Å². The summed E-state index contributed by atoms with van der Waals surface area (Å²) in [5, 5.41) is 14.1. The molecular weight excluding hydrogens is 314 g/mol. The first-order valence-corrected chi connectivity index (χ1v) is 7.75. The van der Waals surface area contributed by atoms with Crippen LogP contribution >= 0.6 is 11.3 Å². The van der Waals surface area contributed by atoms with Gasteiger partial charge in [0.25, 0.3) is 5.91 Å². The van der Waals surface area contributed by atoms with Crippen LogP contribution in [0.5, 0.6) is 0 Å². The Morgan fingerprint density at radius 1 is 1.26 bits per heavy atom. The molecule has 4 N–H and O–H groups in total. The van der Waals surface area contributed by atoms with E-state index in [1.807, 2.05) is 0 Å². The SMILES string of the molecule is CNC(=O)c1c(CC(=O)Nc2ccccc2N=N)csc1NC. The van der Waals surface area contributed by atoms with Crippen LogP contribution < -0.4 is 16.0 Å². The molecule has 0 aliphatic heterocycles. The fourth-order valence-electron chi connectivity index (χ4n) is 2.13. The second kappa shape index (κ2) is 7.50. The van der Waals surface area contributed by atoms with Gasteiger partial charge in [-0.25, -0.2) is 5.53 Å². The van der Waals surface area contributed by atoms with Crippen LogP contribution in [0.25, 0.3) is 0 Å². The van der Waals surface area contributed by atoms with Gasteiger partial charge in [0.15, 0.2) is 0 Å². The molecule has 0 unspecified atom stereocenters. The van der Waals surface area contributed by atoms with Gasteiger partial charge in [-0.05, 0) is 23.1 Å². The second-order valence-electron chi connectivity index (χ2n) is 4.65. The molecule has 0 saturated heterocycles. The number of rotatable bonds is 6. The molecule has 1 heterocycles. The van der Waals surface area contributed by atoms with Gasteiger partial charge >= 0.3 is 0 Å². The van der Waals surface area contributed by atoms with Crippen LogP contribution in [0.4, 0.5) is 16.4 Å². The monoisotopic (exact) mass is 331 g/mol. The average molecular weight is 331 g/mol. The molecule has 0 aliphatic carbocycles. The molecule has 0 atom stereocenters. The van der Waals surface area contributed by atoms with E-state index < -0.39 is 0 Å². The zero-order valence-electron chi connectivity index (χ0n) is 12.8. The fraction of sp³-hybridized carbons (Fsp3) is 0.200. The summed E-state index contributed by atoms with van der Waals surface area (Å²) in [6, 6.07) is 6.81. The lowest BCUT2D eigenvalue weighted by atomic mass is 10.1. The minimum Gasteiger partial charge on any atom is -0.379 e. The predicted octanol–water partition coefficient (Wildman–Crippen LogP) is 2.99.